The molecule has 0 radical (unpaired) electrons. The first-order valence-corrected chi connectivity index (χ1v) is 18.0. The highest BCUT2D eigenvalue weighted by molar-refractivity contribution is 6.19. The molecular weight excluding hydrogens is 647 g/mol. The van der Waals surface area contributed by atoms with Crippen molar-refractivity contribution in [2.75, 3.05) is 4.90 Å². The summed E-state index contributed by atoms with van der Waals surface area (Å²) in [7, 11) is 0. The Bertz CT molecular complexity index is 3160. The second-order valence-electron chi connectivity index (χ2n) is 13.7. The summed E-state index contributed by atoms with van der Waals surface area (Å²) in [6.45, 7) is 0. The Morgan fingerprint density at radius 2 is 0.962 bits per heavy atom. The molecule has 9 aromatic carbocycles. The molecule has 2 aromatic heterocycles. The van der Waals surface area contributed by atoms with E-state index < -0.39 is 0 Å². The summed E-state index contributed by atoms with van der Waals surface area (Å²) in [6.07, 6.45) is 0. The Labute approximate surface area is 305 Å². The lowest BCUT2D eigenvalue weighted by molar-refractivity contribution is 0.669. The first-order chi connectivity index (χ1) is 26.3. The van der Waals surface area contributed by atoms with Crippen LogP contribution in [-0.4, -0.2) is 0 Å². The molecule has 0 spiro atoms. The maximum Gasteiger partial charge on any atom is 0.159 e. The fraction of sp³-hybridized carbons (Fsp3) is 0. The van der Waals surface area contributed by atoms with Crippen LogP contribution >= 0.6 is 0 Å². The predicted octanol–water partition coefficient (Wildman–Crippen LogP) is 14.6. The molecule has 3 heteroatoms. The molecule has 0 aliphatic rings. The van der Waals surface area contributed by atoms with Crippen molar-refractivity contribution >= 4 is 82.5 Å². The lowest BCUT2D eigenvalue weighted by atomic mass is 9.97. The van der Waals surface area contributed by atoms with Gasteiger partial charge < -0.3 is 13.7 Å². The second kappa shape index (κ2) is 11.7. The van der Waals surface area contributed by atoms with Gasteiger partial charge in [0.05, 0.1) is 5.69 Å². The lowest BCUT2D eigenvalue weighted by Gasteiger charge is -2.26. The number of furan rings is 2. The first-order valence-electron chi connectivity index (χ1n) is 18.0. The third-order valence-electron chi connectivity index (χ3n) is 10.7. The maximum atomic E-state index is 6.59. The molecule has 11 aromatic rings. The van der Waals surface area contributed by atoms with Gasteiger partial charge in [-0.2, -0.15) is 0 Å². The van der Waals surface area contributed by atoms with Crippen LogP contribution in [0.5, 0.6) is 0 Å². The van der Waals surface area contributed by atoms with Crippen LogP contribution in [0.3, 0.4) is 0 Å². The number of nitrogens with zero attached hydrogens (tertiary/aromatic N) is 1. The molecule has 2 heterocycles. The Hall–Kier alpha value is -7.10. The predicted molar refractivity (Wildman–Crippen MR) is 222 cm³/mol. The van der Waals surface area contributed by atoms with Gasteiger partial charge in [-0.25, -0.2) is 0 Å². The van der Waals surface area contributed by atoms with Gasteiger partial charge >= 0.3 is 0 Å². The third kappa shape index (κ3) is 4.75. The summed E-state index contributed by atoms with van der Waals surface area (Å²) in [4.78, 5) is 2.31. The van der Waals surface area contributed by atoms with Crippen molar-refractivity contribution in [2.45, 2.75) is 0 Å². The summed E-state index contributed by atoms with van der Waals surface area (Å²) in [5, 5.41) is 9.41. The second-order valence-corrected chi connectivity index (χ2v) is 13.7. The Kier molecular flexibility index (Phi) is 6.55. The molecule has 0 unspecified atom stereocenters. The molecule has 0 bridgehead atoms. The normalized spacial score (nSPS) is 11.8. The molecule has 0 N–H and O–H groups in total. The zero-order valence-electron chi connectivity index (χ0n) is 28.7. The van der Waals surface area contributed by atoms with Gasteiger partial charge in [0.15, 0.2) is 5.58 Å². The number of hydrogen-bond donors (Lipinski definition) is 0. The number of benzene rings is 9. The Morgan fingerprint density at radius 3 is 1.77 bits per heavy atom. The van der Waals surface area contributed by atoms with Gasteiger partial charge in [0.25, 0.3) is 0 Å². The lowest BCUT2D eigenvalue weighted by Crippen LogP contribution is -2.10. The summed E-state index contributed by atoms with van der Waals surface area (Å²) >= 11 is 0. The van der Waals surface area contributed by atoms with Crippen LogP contribution in [0.25, 0.3) is 87.7 Å². The van der Waals surface area contributed by atoms with Crippen LogP contribution in [0, 0.1) is 0 Å². The molecule has 0 saturated heterocycles. The van der Waals surface area contributed by atoms with Gasteiger partial charge in [0, 0.05) is 32.9 Å². The average Bonchev–Trinajstić information content (AvgIpc) is 3.80. The van der Waals surface area contributed by atoms with Crippen LogP contribution < -0.4 is 4.90 Å². The van der Waals surface area contributed by atoms with Gasteiger partial charge in [0.2, 0.25) is 0 Å². The van der Waals surface area contributed by atoms with E-state index in [0.29, 0.717) is 0 Å². The molecule has 0 saturated carbocycles. The average molecular weight is 678 g/mol. The maximum absolute atomic E-state index is 6.59. The largest absolute Gasteiger partial charge is 0.456 e. The summed E-state index contributed by atoms with van der Waals surface area (Å²) in [5.74, 6) is 0. The van der Waals surface area contributed by atoms with Crippen molar-refractivity contribution in [3.8, 4) is 22.3 Å². The molecule has 0 amide bonds. The van der Waals surface area contributed by atoms with E-state index in [9.17, 15) is 0 Å². The molecule has 3 nitrogen and oxygen atoms in total. The molecule has 11 rings (SSSR count). The minimum Gasteiger partial charge on any atom is -0.456 e. The molecule has 0 aliphatic carbocycles. The van der Waals surface area contributed by atoms with Crippen molar-refractivity contribution in [1.29, 1.82) is 0 Å². The number of anilines is 3. The molecule has 248 valence electrons. The van der Waals surface area contributed by atoms with Crippen molar-refractivity contribution in [3.05, 3.63) is 188 Å². The van der Waals surface area contributed by atoms with Crippen LogP contribution in [-0.2, 0) is 0 Å². The zero-order chi connectivity index (χ0) is 34.9. The van der Waals surface area contributed by atoms with Crippen LogP contribution in [0.1, 0.15) is 0 Å². The molecule has 0 fully saturated rings. The zero-order valence-corrected chi connectivity index (χ0v) is 28.7. The van der Waals surface area contributed by atoms with Crippen molar-refractivity contribution in [2.24, 2.45) is 0 Å². The van der Waals surface area contributed by atoms with Gasteiger partial charge in [-0.05, 0) is 98.4 Å². The van der Waals surface area contributed by atoms with E-state index in [0.717, 1.165) is 61.1 Å². The number of rotatable bonds is 5. The standard InChI is InChI=1S/C50H31NO2/c1-2-11-39-33(9-1)10-7-14-40(39)34-21-27-38(28-22-34)51(45-16-8-15-43-42-12-3-5-17-46(42)53-50(43)45)37-25-19-32(20-26-37)35-23-29-41-36(31-35)24-30-48-49(41)44-13-4-6-18-47(44)52-48/h1-31H. The van der Waals surface area contributed by atoms with E-state index in [2.05, 4.69) is 169 Å². The third-order valence-corrected chi connectivity index (χ3v) is 10.7. The van der Waals surface area contributed by atoms with E-state index in [1.54, 1.807) is 0 Å². The quantitative estimate of drug-likeness (QED) is 0.182. The summed E-state index contributed by atoms with van der Waals surface area (Å²) in [6, 6.07) is 66.8. The van der Waals surface area contributed by atoms with Crippen molar-refractivity contribution in [1.82, 2.24) is 0 Å². The molecular formula is C50H31NO2. The number of fused-ring (bicyclic) bond motifs is 9. The van der Waals surface area contributed by atoms with Gasteiger partial charge in [-0.3, -0.25) is 0 Å². The van der Waals surface area contributed by atoms with Crippen molar-refractivity contribution < 1.29 is 8.83 Å². The fourth-order valence-electron chi connectivity index (χ4n) is 8.14. The van der Waals surface area contributed by atoms with E-state index in [-0.39, 0.29) is 0 Å². The van der Waals surface area contributed by atoms with E-state index in [4.69, 9.17) is 8.83 Å². The SMILES string of the molecule is c1ccc2c(-c3ccc(N(c4ccc(-c5ccc6c(ccc7oc8ccccc8c76)c5)cc4)c4cccc5c4oc4ccccc45)cc3)cccc2c1. The molecule has 0 atom stereocenters. The molecule has 53 heavy (non-hydrogen) atoms. The smallest absolute Gasteiger partial charge is 0.159 e. The van der Waals surface area contributed by atoms with Gasteiger partial charge in [0.1, 0.15) is 16.7 Å². The fourth-order valence-corrected chi connectivity index (χ4v) is 8.14. The minimum atomic E-state index is 0.864. The van der Waals surface area contributed by atoms with Gasteiger partial charge in [-0.15, -0.1) is 0 Å². The first kappa shape index (κ1) is 29.6. The monoisotopic (exact) mass is 677 g/mol. The highest BCUT2D eigenvalue weighted by atomic mass is 16.3. The number of para-hydroxylation sites is 3. The summed E-state index contributed by atoms with van der Waals surface area (Å²) < 4.78 is 12.7. The van der Waals surface area contributed by atoms with Crippen LogP contribution in [0.2, 0.25) is 0 Å². The number of hydrogen-bond acceptors (Lipinski definition) is 3. The molecule has 0 aliphatic heterocycles. The van der Waals surface area contributed by atoms with E-state index in [1.165, 1.54) is 43.6 Å². The van der Waals surface area contributed by atoms with Gasteiger partial charge in [-0.1, -0.05) is 133 Å². The highest BCUT2D eigenvalue weighted by Crippen LogP contribution is 2.43. The van der Waals surface area contributed by atoms with Crippen LogP contribution in [0.4, 0.5) is 17.1 Å². The Balaban J connectivity index is 1.03. The summed E-state index contributed by atoms with van der Waals surface area (Å²) in [5.41, 5.74) is 11.4. The van der Waals surface area contributed by atoms with Crippen LogP contribution in [0.15, 0.2) is 197 Å². The minimum absolute atomic E-state index is 0.864. The topological polar surface area (TPSA) is 29.5 Å². The van der Waals surface area contributed by atoms with Crippen molar-refractivity contribution in [3.63, 3.8) is 0 Å². The van der Waals surface area contributed by atoms with E-state index >= 15 is 0 Å². The highest BCUT2D eigenvalue weighted by Gasteiger charge is 2.20. The van der Waals surface area contributed by atoms with E-state index in [1.807, 2.05) is 24.3 Å². The Morgan fingerprint density at radius 1 is 0.340 bits per heavy atom.